The molecule has 5 nitrogen and oxygen atoms in total. The van der Waals surface area contributed by atoms with Gasteiger partial charge in [0.15, 0.2) is 0 Å². The number of ether oxygens (including phenoxy) is 1. The fraction of sp³-hybridized carbons (Fsp3) is 0.632. The van der Waals surface area contributed by atoms with Crippen LogP contribution in [0.15, 0.2) is 18.2 Å². The van der Waals surface area contributed by atoms with E-state index in [9.17, 15) is 9.18 Å². The molecule has 1 amide bonds. The first kappa shape index (κ1) is 24.0. The molecule has 1 aromatic rings. The van der Waals surface area contributed by atoms with Gasteiger partial charge >= 0.3 is 0 Å². The van der Waals surface area contributed by atoms with Gasteiger partial charge in [0.1, 0.15) is 5.82 Å². The van der Waals surface area contributed by atoms with Crippen molar-refractivity contribution in [1.29, 1.82) is 0 Å². The van der Waals surface area contributed by atoms with E-state index in [1.807, 2.05) is 6.07 Å². The minimum atomic E-state index is -0.328. The van der Waals surface area contributed by atoms with Crippen molar-refractivity contribution < 1.29 is 13.9 Å². The quantitative estimate of drug-likeness (QED) is 0.763. The number of amides is 1. The van der Waals surface area contributed by atoms with Crippen molar-refractivity contribution in [3.63, 3.8) is 0 Å². The van der Waals surface area contributed by atoms with Gasteiger partial charge in [0.2, 0.25) is 5.91 Å². The highest BCUT2D eigenvalue weighted by Gasteiger charge is 2.22. The van der Waals surface area contributed by atoms with E-state index < -0.39 is 0 Å². The van der Waals surface area contributed by atoms with E-state index in [4.69, 9.17) is 4.74 Å². The van der Waals surface area contributed by atoms with Crippen LogP contribution in [0.25, 0.3) is 0 Å². The fourth-order valence-corrected chi connectivity index (χ4v) is 3.73. The smallest absolute Gasteiger partial charge is 0.224 e. The Kier molecular flexibility index (Phi) is 10.4. The fourth-order valence-electron chi connectivity index (χ4n) is 3.73. The van der Waals surface area contributed by atoms with Gasteiger partial charge in [0.25, 0.3) is 0 Å². The molecule has 2 heterocycles. The lowest BCUT2D eigenvalue weighted by atomic mass is 9.84. The highest BCUT2D eigenvalue weighted by Crippen LogP contribution is 2.26. The molecule has 154 valence electrons. The van der Waals surface area contributed by atoms with Crippen molar-refractivity contribution in [3.05, 3.63) is 24.0 Å². The van der Waals surface area contributed by atoms with Crippen LogP contribution in [0.3, 0.4) is 0 Å². The van der Waals surface area contributed by atoms with Gasteiger partial charge in [0.05, 0.1) is 13.2 Å². The van der Waals surface area contributed by atoms with Gasteiger partial charge in [0, 0.05) is 30.9 Å². The average molecular weight is 422 g/mol. The number of benzene rings is 1. The van der Waals surface area contributed by atoms with E-state index in [0.717, 1.165) is 44.7 Å². The topological polar surface area (TPSA) is 53.6 Å². The Hall–Kier alpha value is -1.08. The third-order valence-electron chi connectivity index (χ3n) is 5.24. The van der Waals surface area contributed by atoms with E-state index >= 15 is 0 Å². The molecule has 0 bridgehead atoms. The number of morpholine rings is 1. The van der Waals surface area contributed by atoms with Crippen LogP contribution in [0.2, 0.25) is 0 Å². The Bertz CT molecular complexity index is 594. The van der Waals surface area contributed by atoms with Crippen LogP contribution in [0.1, 0.15) is 26.2 Å². The van der Waals surface area contributed by atoms with Gasteiger partial charge in [-0.05, 0) is 56.0 Å². The molecule has 0 spiro atoms. The summed E-state index contributed by atoms with van der Waals surface area (Å²) in [6.07, 6.45) is 2.72. The summed E-state index contributed by atoms with van der Waals surface area (Å²) >= 11 is 0. The molecule has 27 heavy (non-hydrogen) atoms. The number of hydrogen-bond acceptors (Lipinski definition) is 4. The zero-order valence-corrected chi connectivity index (χ0v) is 17.3. The normalized spacial score (nSPS) is 18.8. The number of carbonyl (C=O) groups excluding carboxylic acids is 1. The molecule has 0 aliphatic carbocycles. The third kappa shape index (κ3) is 7.11. The second-order valence-corrected chi connectivity index (χ2v) is 7.11. The van der Waals surface area contributed by atoms with E-state index in [0.29, 0.717) is 37.2 Å². The summed E-state index contributed by atoms with van der Waals surface area (Å²) in [5.74, 6) is 0.563. The number of nitrogens with zero attached hydrogens (tertiary/aromatic N) is 1. The molecule has 0 radical (unpaired) electrons. The van der Waals surface area contributed by atoms with Crippen LogP contribution in [0, 0.1) is 17.7 Å². The molecule has 0 aromatic heterocycles. The standard InChI is InChI=1S/C19H28FN3O2.2ClH/c1-14(15-2-4-21-5-3-15)10-19(24)22-17-11-16(20)12-18(13-17)23-6-8-25-9-7-23;;/h11-15,21H,2-10H2,1H3,(H,22,24);2*1H. The van der Waals surface area contributed by atoms with Crippen molar-refractivity contribution in [3.8, 4) is 0 Å². The van der Waals surface area contributed by atoms with Gasteiger partial charge in [-0.2, -0.15) is 0 Å². The first-order valence-corrected chi connectivity index (χ1v) is 9.25. The molecule has 1 aromatic carbocycles. The van der Waals surface area contributed by atoms with Crippen LogP contribution < -0.4 is 15.5 Å². The summed E-state index contributed by atoms with van der Waals surface area (Å²) in [6, 6.07) is 4.75. The summed E-state index contributed by atoms with van der Waals surface area (Å²) in [5, 5.41) is 6.23. The number of halogens is 3. The summed E-state index contributed by atoms with van der Waals surface area (Å²) in [6.45, 7) is 6.97. The third-order valence-corrected chi connectivity index (χ3v) is 5.24. The largest absolute Gasteiger partial charge is 0.378 e. The summed E-state index contributed by atoms with van der Waals surface area (Å²) in [7, 11) is 0. The van der Waals surface area contributed by atoms with Crippen LogP contribution >= 0.6 is 24.8 Å². The first-order chi connectivity index (χ1) is 12.1. The SMILES string of the molecule is CC(CC(=O)Nc1cc(F)cc(N2CCOCC2)c1)C1CCNCC1.Cl.Cl. The van der Waals surface area contributed by atoms with Gasteiger partial charge < -0.3 is 20.3 Å². The number of anilines is 2. The van der Waals surface area contributed by atoms with Gasteiger partial charge in [-0.1, -0.05) is 6.92 Å². The Morgan fingerprint density at radius 3 is 2.59 bits per heavy atom. The zero-order chi connectivity index (χ0) is 17.6. The predicted octanol–water partition coefficient (Wildman–Crippen LogP) is 3.47. The van der Waals surface area contributed by atoms with E-state index in [-0.39, 0.29) is 36.5 Å². The number of rotatable bonds is 5. The van der Waals surface area contributed by atoms with Gasteiger partial charge in [-0.3, -0.25) is 4.79 Å². The monoisotopic (exact) mass is 421 g/mol. The second kappa shape index (κ2) is 11.7. The molecule has 2 aliphatic heterocycles. The lowest BCUT2D eigenvalue weighted by Gasteiger charge is -2.29. The van der Waals surface area contributed by atoms with Gasteiger partial charge in [-0.15, -0.1) is 24.8 Å². The maximum absolute atomic E-state index is 14.0. The lowest BCUT2D eigenvalue weighted by Crippen LogP contribution is -2.36. The molecule has 2 saturated heterocycles. The minimum absolute atomic E-state index is 0. The number of piperidine rings is 1. The van der Waals surface area contributed by atoms with Crippen molar-refractivity contribution in [2.24, 2.45) is 11.8 Å². The van der Waals surface area contributed by atoms with E-state index in [2.05, 4.69) is 22.5 Å². The molecule has 1 unspecified atom stereocenters. The molecular formula is C19H30Cl2FN3O2. The summed E-state index contributed by atoms with van der Waals surface area (Å²) in [4.78, 5) is 14.5. The zero-order valence-electron chi connectivity index (χ0n) is 15.7. The van der Waals surface area contributed by atoms with Crippen LogP contribution in [0.5, 0.6) is 0 Å². The molecule has 2 N–H and O–H groups in total. The van der Waals surface area contributed by atoms with Crippen molar-refractivity contribution in [2.45, 2.75) is 26.2 Å². The molecular weight excluding hydrogens is 392 g/mol. The number of hydrogen-bond donors (Lipinski definition) is 2. The predicted molar refractivity (Wildman–Crippen MR) is 112 cm³/mol. The molecule has 2 aliphatic rings. The minimum Gasteiger partial charge on any atom is -0.378 e. The first-order valence-electron chi connectivity index (χ1n) is 9.25. The van der Waals surface area contributed by atoms with Crippen LogP contribution in [0.4, 0.5) is 15.8 Å². The Balaban J connectivity index is 0.00000182. The molecule has 3 rings (SSSR count). The Labute approximate surface area is 173 Å². The van der Waals surface area contributed by atoms with Crippen LogP contribution in [-0.4, -0.2) is 45.3 Å². The highest BCUT2D eigenvalue weighted by atomic mass is 35.5. The van der Waals surface area contributed by atoms with Gasteiger partial charge in [-0.25, -0.2) is 4.39 Å². The summed E-state index contributed by atoms with van der Waals surface area (Å²) in [5.41, 5.74) is 1.33. The average Bonchev–Trinajstić information content (AvgIpc) is 2.62. The van der Waals surface area contributed by atoms with Crippen molar-refractivity contribution in [1.82, 2.24) is 5.32 Å². The van der Waals surface area contributed by atoms with E-state index in [1.54, 1.807) is 0 Å². The molecule has 0 saturated carbocycles. The number of nitrogens with one attached hydrogen (secondary N) is 2. The number of carbonyl (C=O) groups is 1. The maximum atomic E-state index is 14.0. The molecule has 2 fully saturated rings. The molecule has 1 atom stereocenters. The molecule has 8 heteroatoms. The van der Waals surface area contributed by atoms with Crippen molar-refractivity contribution in [2.75, 3.05) is 49.6 Å². The Morgan fingerprint density at radius 1 is 1.26 bits per heavy atom. The lowest BCUT2D eigenvalue weighted by molar-refractivity contribution is -0.117. The highest BCUT2D eigenvalue weighted by molar-refractivity contribution is 5.91. The maximum Gasteiger partial charge on any atom is 0.224 e. The second-order valence-electron chi connectivity index (χ2n) is 7.11. The Morgan fingerprint density at radius 2 is 1.93 bits per heavy atom. The van der Waals surface area contributed by atoms with Crippen LogP contribution in [-0.2, 0) is 9.53 Å². The van der Waals surface area contributed by atoms with Crippen molar-refractivity contribution >= 4 is 42.1 Å². The summed E-state index contributed by atoms with van der Waals surface area (Å²) < 4.78 is 19.3. The van der Waals surface area contributed by atoms with E-state index in [1.165, 1.54) is 12.1 Å².